The van der Waals surface area contributed by atoms with E-state index in [1.54, 1.807) is 7.05 Å². The number of amides is 2. The molecule has 1 saturated heterocycles. The largest absolute Gasteiger partial charge is 0.490 e. The van der Waals surface area contributed by atoms with Crippen LogP contribution in [0.3, 0.4) is 0 Å². The van der Waals surface area contributed by atoms with Crippen LogP contribution in [-0.2, 0) is 16.0 Å². The van der Waals surface area contributed by atoms with E-state index in [9.17, 15) is 9.59 Å². The van der Waals surface area contributed by atoms with Crippen LogP contribution >= 0.6 is 0 Å². The van der Waals surface area contributed by atoms with E-state index in [-0.39, 0.29) is 24.4 Å². The molecule has 1 atom stereocenters. The zero-order valence-corrected chi connectivity index (χ0v) is 18.3. The number of aryl methyl sites for hydroxylation is 1. The average Bonchev–Trinajstić information content (AvgIpc) is 2.92. The first kappa shape index (κ1) is 22.1. The van der Waals surface area contributed by atoms with E-state index in [0.717, 1.165) is 31.2 Å². The highest BCUT2D eigenvalue weighted by Gasteiger charge is 2.50. The normalized spacial score (nSPS) is 22.2. The fourth-order valence-corrected chi connectivity index (χ4v) is 4.61. The van der Waals surface area contributed by atoms with Crippen LogP contribution in [0.1, 0.15) is 64.4 Å². The van der Waals surface area contributed by atoms with E-state index >= 15 is 0 Å². The van der Waals surface area contributed by atoms with Gasteiger partial charge < -0.3 is 15.4 Å². The lowest BCUT2D eigenvalue weighted by Crippen LogP contribution is -2.53. The molecule has 1 aliphatic carbocycles. The van der Waals surface area contributed by atoms with Gasteiger partial charge in [-0.15, -0.1) is 0 Å². The van der Waals surface area contributed by atoms with Gasteiger partial charge in [-0.3, -0.25) is 19.9 Å². The van der Waals surface area contributed by atoms with Crippen LogP contribution in [0.2, 0.25) is 0 Å². The third kappa shape index (κ3) is 4.94. The number of rotatable bonds is 8. The first-order chi connectivity index (χ1) is 14.3. The van der Waals surface area contributed by atoms with Gasteiger partial charge in [-0.25, -0.2) is 0 Å². The van der Waals surface area contributed by atoms with Gasteiger partial charge in [0.1, 0.15) is 12.4 Å². The van der Waals surface area contributed by atoms with E-state index in [1.165, 1.54) is 31.1 Å². The maximum absolute atomic E-state index is 13.1. The van der Waals surface area contributed by atoms with E-state index in [2.05, 4.69) is 17.6 Å². The molecule has 1 unspecified atom stereocenters. The van der Waals surface area contributed by atoms with Crippen LogP contribution in [0, 0.1) is 11.3 Å². The number of carbonyl (C=O) groups is 2. The Hall–Kier alpha value is -2.57. The fraction of sp³-hybridized carbons (Fsp3) is 0.609. The summed E-state index contributed by atoms with van der Waals surface area (Å²) in [4.78, 5) is 26.0. The van der Waals surface area contributed by atoms with Crippen molar-refractivity contribution in [3.8, 4) is 5.75 Å². The number of benzene rings is 1. The number of nitrogens with one attached hydrogen (secondary N) is 3. The summed E-state index contributed by atoms with van der Waals surface area (Å²) in [5.41, 5.74) is 0.809. The van der Waals surface area contributed by atoms with Crippen LogP contribution in [0.15, 0.2) is 18.2 Å². The second kappa shape index (κ2) is 9.49. The number of guanidine groups is 1. The molecule has 0 bridgehead atoms. The van der Waals surface area contributed by atoms with Crippen LogP contribution in [0.4, 0.5) is 5.69 Å². The van der Waals surface area contributed by atoms with Crippen molar-refractivity contribution in [1.29, 1.82) is 5.41 Å². The summed E-state index contributed by atoms with van der Waals surface area (Å²) in [5.74, 6) is 1.02. The van der Waals surface area contributed by atoms with Gasteiger partial charge in [-0.2, -0.15) is 0 Å². The Bertz CT molecular complexity index is 804. The summed E-state index contributed by atoms with van der Waals surface area (Å²) in [6.07, 6.45) is 8.38. The van der Waals surface area contributed by atoms with Gasteiger partial charge in [-0.05, 0) is 30.4 Å². The SMILES string of the molecule is CCCc1ccc(NC(C)=O)cc1OCC1(CC2CCCCC2)NC(=N)N(C)C1=O. The first-order valence-electron chi connectivity index (χ1n) is 11.0. The Balaban J connectivity index is 1.83. The van der Waals surface area contributed by atoms with Gasteiger partial charge in [0.2, 0.25) is 5.91 Å². The number of ether oxygens (including phenoxy) is 1. The Labute approximate surface area is 179 Å². The molecule has 164 valence electrons. The molecule has 2 amide bonds. The Morgan fingerprint density at radius 3 is 2.67 bits per heavy atom. The Morgan fingerprint density at radius 2 is 2.07 bits per heavy atom. The van der Waals surface area contributed by atoms with Gasteiger partial charge in [0.05, 0.1) is 0 Å². The highest BCUT2D eigenvalue weighted by atomic mass is 16.5. The van der Waals surface area contributed by atoms with Gasteiger partial charge in [0.15, 0.2) is 11.5 Å². The smallest absolute Gasteiger partial charge is 0.258 e. The fourth-order valence-electron chi connectivity index (χ4n) is 4.61. The molecule has 1 heterocycles. The predicted octanol–water partition coefficient (Wildman–Crippen LogP) is 3.68. The monoisotopic (exact) mass is 414 g/mol. The second-order valence-electron chi connectivity index (χ2n) is 8.67. The summed E-state index contributed by atoms with van der Waals surface area (Å²) in [6, 6.07) is 5.67. The molecule has 7 heteroatoms. The standard InChI is InChI=1S/C23H34N4O3/c1-4-8-18-11-12-19(25-16(2)28)13-20(18)30-15-23(14-17-9-6-5-7-10-17)21(29)27(3)22(24)26-23/h11-13,17H,4-10,14-15H2,1-3H3,(H2,24,26)(H,25,28). The van der Waals surface area contributed by atoms with E-state index in [0.29, 0.717) is 23.8 Å². The van der Waals surface area contributed by atoms with E-state index in [4.69, 9.17) is 10.1 Å². The number of likely N-dealkylation sites (N-methyl/N-ethyl adjacent to an activating group) is 1. The lowest BCUT2D eigenvalue weighted by molar-refractivity contribution is -0.132. The minimum atomic E-state index is -0.915. The van der Waals surface area contributed by atoms with Crippen molar-refractivity contribution in [1.82, 2.24) is 10.2 Å². The molecule has 1 aliphatic heterocycles. The number of carbonyl (C=O) groups excluding carboxylic acids is 2. The number of hydrogen-bond acceptors (Lipinski definition) is 4. The zero-order valence-electron chi connectivity index (χ0n) is 18.3. The summed E-state index contributed by atoms with van der Waals surface area (Å²) >= 11 is 0. The molecule has 30 heavy (non-hydrogen) atoms. The molecule has 0 radical (unpaired) electrons. The van der Waals surface area contributed by atoms with Gasteiger partial charge in [-0.1, -0.05) is 51.5 Å². The molecule has 3 N–H and O–H groups in total. The zero-order chi connectivity index (χ0) is 21.7. The molecule has 2 aliphatic rings. The molecule has 2 fully saturated rings. The number of anilines is 1. The van der Waals surface area contributed by atoms with Crippen molar-refractivity contribution in [2.24, 2.45) is 5.92 Å². The summed E-state index contributed by atoms with van der Waals surface area (Å²) in [5, 5.41) is 14.1. The van der Waals surface area contributed by atoms with Crippen LogP contribution in [-0.4, -0.2) is 41.9 Å². The van der Waals surface area contributed by atoms with Gasteiger partial charge >= 0.3 is 0 Å². The third-order valence-electron chi connectivity index (χ3n) is 6.15. The third-order valence-corrected chi connectivity index (χ3v) is 6.15. The van der Waals surface area contributed by atoms with Crippen molar-refractivity contribution in [2.45, 2.75) is 70.8 Å². The van der Waals surface area contributed by atoms with Crippen molar-refractivity contribution in [3.63, 3.8) is 0 Å². The Morgan fingerprint density at radius 1 is 1.33 bits per heavy atom. The predicted molar refractivity (Wildman–Crippen MR) is 118 cm³/mol. The first-order valence-corrected chi connectivity index (χ1v) is 11.0. The molecule has 0 spiro atoms. The lowest BCUT2D eigenvalue weighted by Gasteiger charge is -2.33. The summed E-state index contributed by atoms with van der Waals surface area (Å²) < 4.78 is 6.25. The molecular formula is C23H34N4O3. The molecule has 0 aromatic heterocycles. The molecule has 1 aromatic rings. The van der Waals surface area contributed by atoms with Crippen molar-refractivity contribution >= 4 is 23.5 Å². The second-order valence-corrected chi connectivity index (χ2v) is 8.67. The molecule has 3 rings (SSSR count). The highest BCUT2D eigenvalue weighted by molar-refractivity contribution is 6.07. The maximum atomic E-state index is 13.1. The van der Waals surface area contributed by atoms with Crippen molar-refractivity contribution in [2.75, 3.05) is 19.0 Å². The summed E-state index contributed by atoms with van der Waals surface area (Å²) in [6.45, 7) is 3.74. The van der Waals surface area contributed by atoms with Crippen molar-refractivity contribution < 1.29 is 14.3 Å². The Kier molecular flexibility index (Phi) is 7.00. The molecule has 7 nitrogen and oxygen atoms in total. The topological polar surface area (TPSA) is 94.5 Å². The molecule has 1 aromatic carbocycles. The quantitative estimate of drug-likeness (QED) is 0.605. The minimum Gasteiger partial charge on any atom is -0.490 e. The average molecular weight is 415 g/mol. The lowest BCUT2D eigenvalue weighted by atomic mass is 9.79. The molecule has 1 saturated carbocycles. The molecular weight excluding hydrogens is 380 g/mol. The van der Waals surface area contributed by atoms with E-state index in [1.807, 2.05) is 18.2 Å². The number of hydrogen-bond donors (Lipinski definition) is 3. The van der Waals surface area contributed by atoms with Crippen LogP contribution in [0.25, 0.3) is 0 Å². The van der Waals surface area contributed by atoms with Gasteiger partial charge in [0.25, 0.3) is 5.91 Å². The van der Waals surface area contributed by atoms with Crippen LogP contribution < -0.4 is 15.4 Å². The number of nitrogens with zero attached hydrogens (tertiary/aromatic N) is 1. The van der Waals surface area contributed by atoms with E-state index < -0.39 is 5.54 Å². The van der Waals surface area contributed by atoms with Crippen LogP contribution in [0.5, 0.6) is 5.75 Å². The summed E-state index contributed by atoms with van der Waals surface area (Å²) in [7, 11) is 1.64. The van der Waals surface area contributed by atoms with Crippen molar-refractivity contribution in [3.05, 3.63) is 23.8 Å². The minimum absolute atomic E-state index is 0.104. The highest BCUT2D eigenvalue weighted by Crippen LogP contribution is 2.34. The van der Waals surface area contributed by atoms with Gasteiger partial charge in [0, 0.05) is 25.7 Å². The maximum Gasteiger partial charge on any atom is 0.258 e.